The molecule has 0 aliphatic carbocycles. The Bertz CT molecular complexity index is 122. The Morgan fingerprint density at radius 3 is 2.33 bits per heavy atom. The molecule has 1 atom stereocenters. The van der Waals surface area contributed by atoms with E-state index in [1.54, 1.807) is 0 Å². The van der Waals surface area contributed by atoms with Crippen molar-refractivity contribution in [3.05, 3.63) is 0 Å². The Labute approximate surface area is 65.1 Å². The molecule has 56 valence electrons. The van der Waals surface area contributed by atoms with Crippen LogP contribution in [-0.2, 0) is 16.3 Å². The molecular weight excluding hydrogens is 179 g/mol. The zero-order valence-corrected chi connectivity index (χ0v) is 7.84. The molecular formula is C4H10ClO2PS. The predicted octanol–water partition coefficient (Wildman–Crippen LogP) is 2.11. The van der Waals surface area contributed by atoms with Gasteiger partial charge in [0.1, 0.15) is 0 Å². The zero-order valence-electron chi connectivity index (χ0n) is 5.37. The van der Waals surface area contributed by atoms with Crippen molar-refractivity contribution in [2.45, 2.75) is 13.8 Å². The van der Waals surface area contributed by atoms with E-state index < -0.39 is 5.84 Å². The molecule has 0 aromatic heterocycles. The Hall–Kier alpha value is 0.860. The van der Waals surface area contributed by atoms with Crippen molar-refractivity contribution in [2.24, 2.45) is 5.92 Å². The van der Waals surface area contributed by atoms with Gasteiger partial charge in [-0.1, -0.05) is 13.8 Å². The van der Waals surface area contributed by atoms with Crippen LogP contribution in [0.2, 0.25) is 0 Å². The first-order chi connectivity index (χ1) is 3.92. The summed E-state index contributed by atoms with van der Waals surface area (Å²) < 4.78 is 4.74. The standard InChI is InChI=1S/C4H10ClO2PS/c1-4(2)3-7-8(5,6)9/h4H,3H2,1-2H3,(H,6,9). The molecule has 1 N–H and O–H groups in total. The average Bonchev–Trinajstić information content (AvgIpc) is 1.59. The lowest BCUT2D eigenvalue weighted by Gasteiger charge is -2.08. The lowest BCUT2D eigenvalue weighted by molar-refractivity contribution is 0.275. The van der Waals surface area contributed by atoms with Crippen LogP contribution in [0.25, 0.3) is 0 Å². The van der Waals surface area contributed by atoms with Crippen molar-refractivity contribution in [2.75, 3.05) is 6.61 Å². The van der Waals surface area contributed by atoms with Gasteiger partial charge in [-0.3, -0.25) is 0 Å². The molecule has 0 radical (unpaired) electrons. The largest absolute Gasteiger partial charge is 0.334 e. The molecule has 0 saturated carbocycles. The Balaban J connectivity index is 3.40. The monoisotopic (exact) mass is 188 g/mol. The quantitative estimate of drug-likeness (QED) is 0.688. The number of rotatable bonds is 3. The molecule has 0 heterocycles. The SMILES string of the molecule is CC(C)COP(O)(=S)Cl. The van der Waals surface area contributed by atoms with Crippen molar-refractivity contribution in [3.63, 3.8) is 0 Å². The zero-order chi connectivity index (χ0) is 7.49. The highest BCUT2D eigenvalue weighted by atomic mass is 35.7. The Kier molecular flexibility index (Phi) is 4.26. The van der Waals surface area contributed by atoms with E-state index in [1.807, 2.05) is 13.8 Å². The molecule has 5 heteroatoms. The van der Waals surface area contributed by atoms with E-state index in [9.17, 15) is 0 Å². The highest BCUT2D eigenvalue weighted by molar-refractivity contribution is 8.21. The molecule has 0 saturated heterocycles. The molecule has 9 heavy (non-hydrogen) atoms. The van der Waals surface area contributed by atoms with Crippen molar-refractivity contribution >= 4 is 28.9 Å². The summed E-state index contributed by atoms with van der Waals surface area (Å²) in [5.74, 6) is -2.55. The van der Waals surface area contributed by atoms with Crippen LogP contribution in [0.15, 0.2) is 0 Å². The van der Waals surface area contributed by atoms with Crippen LogP contribution in [0.5, 0.6) is 0 Å². The third-order valence-corrected chi connectivity index (χ3v) is 1.64. The van der Waals surface area contributed by atoms with Gasteiger partial charge in [0, 0.05) is 0 Å². The number of halogens is 1. The van der Waals surface area contributed by atoms with Gasteiger partial charge in [-0.05, 0) is 29.0 Å². The Morgan fingerprint density at radius 2 is 2.22 bits per heavy atom. The summed E-state index contributed by atoms with van der Waals surface area (Å²) in [6.07, 6.45) is 0. The first-order valence-electron chi connectivity index (χ1n) is 2.59. The van der Waals surface area contributed by atoms with E-state index in [2.05, 4.69) is 11.8 Å². The molecule has 0 aromatic carbocycles. The highest BCUT2D eigenvalue weighted by Crippen LogP contribution is 2.48. The second-order valence-electron chi connectivity index (χ2n) is 2.14. The van der Waals surface area contributed by atoms with E-state index in [0.29, 0.717) is 12.5 Å². The van der Waals surface area contributed by atoms with E-state index in [-0.39, 0.29) is 0 Å². The summed E-state index contributed by atoms with van der Waals surface area (Å²) in [5, 5.41) is 0. The molecule has 0 amide bonds. The lowest BCUT2D eigenvalue weighted by Crippen LogP contribution is -1.97. The fourth-order valence-corrected chi connectivity index (χ4v) is 1.07. The van der Waals surface area contributed by atoms with Crippen LogP contribution >= 0.6 is 17.1 Å². The van der Waals surface area contributed by atoms with Gasteiger partial charge >= 0.3 is 0 Å². The van der Waals surface area contributed by atoms with Crippen LogP contribution in [0.4, 0.5) is 0 Å². The maximum Gasteiger partial charge on any atom is 0.279 e. The number of hydrogen-bond acceptors (Lipinski definition) is 2. The first-order valence-corrected chi connectivity index (χ1v) is 6.16. The molecule has 0 aromatic rings. The van der Waals surface area contributed by atoms with Gasteiger partial charge < -0.3 is 9.42 Å². The van der Waals surface area contributed by atoms with Crippen LogP contribution in [0.1, 0.15) is 13.8 Å². The normalized spacial score (nSPS) is 17.9. The smallest absolute Gasteiger partial charge is 0.279 e. The van der Waals surface area contributed by atoms with E-state index in [4.69, 9.17) is 20.7 Å². The fraction of sp³-hybridized carbons (Fsp3) is 1.00. The third-order valence-electron chi connectivity index (χ3n) is 0.567. The van der Waals surface area contributed by atoms with Crippen LogP contribution in [0, 0.1) is 5.92 Å². The van der Waals surface area contributed by atoms with Gasteiger partial charge in [-0.15, -0.1) is 0 Å². The fourth-order valence-electron chi connectivity index (χ4n) is 0.241. The molecule has 1 unspecified atom stereocenters. The van der Waals surface area contributed by atoms with Crippen LogP contribution in [0.3, 0.4) is 0 Å². The third kappa shape index (κ3) is 8.86. The van der Waals surface area contributed by atoms with E-state index >= 15 is 0 Å². The highest BCUT2D eigenvalue weighted by Gasteiger charge is 2.07. The Morgan fingerprint density at radius 1 is 1.78 bits per heavy atom. The minimum Gasteiger partial charge on any atom is -0.334 e. The number of hydrogen-bond donors (Lipinski definition) is 1. The van der Waals surface area contributed by atoms with Crippen molar-refractivity contribution in [1.29, 1.82) is 0 Å². The van der Waals surface area contributed by atoms with Crippen LogP contribution < -0.4 is 0 Å². The second kappa shape index (κ2) is 3.89. The lowest BCUT2D eigenvalue weighted by atomic mass is 10.2. The summed E-state index contributed by atoms with van der Waals surface area (Å²) in [6, 6.07) is 0. The molecule has 0 rings (SSSR count). The maximum absolute atomic E-state index is 8.74. The van der Waals surface area contributed by atoms with E-state index in [1.165, 1.54) is 0 Å². The summed E-state index contributed by atoms with van der Waals surface area (Å²) in [4.78, 5) is 8.74. The molecule has 0 fully saturated rings. The molecule has 0 aliphatic rings. The molecule has 0 spiro atoms. The minimum atomic E-state index is -2.91. The summed E-state index contributed by atoms with van der Waals surface area (Å²) in [7, 11) is 0. The van der Waals surface area contributed by atoms with Crippen molar-refractivity contribution in [1.82, 2.24) is 0 Å². The summed E-state index contributed by atoms with van der Waals surface area (Å²) in [5.41, 5.74) is 0. The predicted molar refractivity (Wildman–Crippen MR) is 43.1 cm³/mol. The van der Waals surface area contributed by atoms with Crippen LogP contribution in [-0.4, -0.2) is 11.5 Å². The van der Waals surface area contributed by atoms with E-state index in [0.717, 1.165) is 0 Å². The molecule has 0 aliphatic heterocycles. The van der Waals surface area contributed by atoms with Crippen molar-refractivity contribution in [3.8, 4) is 0 Å². The maximum atomic E-state index is 8.74. The molecule has 2 nitrogen and oxygen atoms in total. The van der Waals surface area contributed by atoms with Gasteiger partial charge in [0.05, 0.1) is 6.61 Å². The van der Waals surface area contributed by atoms with Gasteiger partial charge in [0.25, 0.3) is 5.84 Å². The van der Waals surface area contributed by atoms with Gasteiger partial charge in [-0.25, -0.2) is 0 Å². The molecule has 0 bridgehead atoms. The van der Waals surface area contributed by atoms with Gasteiger partial charge in [0.15, 0.2) is 0 Å². The first kappa shape index (κ1) is 9.86. The van der Waals surface area contributed by atoms with Crippen molar-refractivity contribution < 1.29 is 9.42 Å². The summed E-state index contributed by atoms with van der Waals surface area (Å²) in [6.45, 7) is 4.35. The second-order valence-corrected chi connectivity index (χ2v) is 6.76. The van der Waals surface area contributed by atoms with Gasteiger partial charge in [-0.2, -0.15) is 0 Å². The van der Waals surface area contributed by atoms with Gasteiger partial charge in [0.2, 0.25) is 0 Å². The minimum absolute atomic E-state index is 0.359. The topological polar surface area (TPSA) is 29.5 Å². The average molecular weight is 189 g/mol. The summed E-state index contributed by atoms with van der Waals surface area (Å²) >= 11 is 9.65.